The number of aromatic nitrogens is 1. The van der Waals surface area contributed by atoms with Crippen LogP contribution >= 0.6 is 11.3 Å². The number of anilines is 2. The van der Waals surface area contributed by atoms with Gasteiger partial charge in [0.2, 0.25) is 0 Å². The van der Waals surface area contributed by atoms with Crippen LogP contribution in [0.5, 0.6) is 0 Å². The van der Waals surface area contributed by atoms with Crippen LogP contribution in [0.25, 0.3) is 54.4 Å². The first-order valence-electron chi connectivity index (χ1n) is 18.1. The van der Waals surface area contributed by atoms with Gasteiger partial charge in [-0.05, 0) is 71.3 Å². The van der Waals surface area contributed by atoms with Gasteiger partial charge in [0.25, 0.3) is 0 Å². The van der Waals surface area contributed by atoms with Crippen molar-refractivity contribution in [2.45, 2.75) is 31.2 Å². The lowest BCUT2D eigenvalue weighted by Gasteiger charge is -2.41. The molecule has 2 nitrogen and oxygen atoms in total. The van der Waals surface area contributed by atoms with E-state index in [1.807, 2.05) is 11.3 Å². The summed E-state index contributed by atoms with van der Waals surface area (Å²) in [6.45, 7) is 4.75. The normalized spacial score (nSPS) is 21.9. The lowest BCUT2D eigenvalue weighted by atomic mass is 9.77. The number of allylic oxidation sites excluding steroid dienone is 4. The highest BCUT2D eigenvalue weighted by molar-refractivity contribution is 7.19. The second kappa shape index (κ2) is 10.7. The largest absolute Gasteiger partial charge is 0.330 e. The van der Waals surface area contributed by atoms with E-state index in [1.54, 1.807) is 0 Å². The zero-order valence-electron chi connectivity index (χ0n) is 28.6. The molecule has 0 spiro atoms. The first-order valence-corrected chi connectivity index (χ1v) is 18.9. The Bertz CT molecular complexity index is 2800. The SMILES string of the molecule is CC1C=CC=CC1c1ccc(-n2c3ccccc3c3ccc4sc5c(c4c32)C=CC2(C)C5c3ccccc3N2c2cccc3ccccc23)cc1. The summed E-state index contributed by atoms with van der Waals surface area (Å²) < 4.78 is 3.87. The molecule has 3 heteroatoms. The smallest absolute Gasteiger partial charge is 0.0726 e. The number of para-hydroxylation sites is 2. The zero-order valence-corrected chi connectivity index (χ0v) is 29.4. The van der Waals surface area contributed by atoms with Crippen LogP contribution in [0.3, 0.4) is 0 Å². The van der Waals surface area contributed by atoms with E-state index in [2.05, 4.69) is 187 Å². The Labute approximate surface area is 301 Å². The minimum absolute atomic E-state index is 0.205. The van der Waals surface area contributed by atoms with Crippen molar-refractivity contribution in [1.29, 1.82) is 0 Å². The lowest BCUT2D eigenvalue weighted by molar-refractivity contribution is 0.539. The summed E-state index contributed by atoms with van der Waals surface area (Å²) in [5.74, 6) is 1.09. The summed E-state index contributed by atoms with van der Waals surface area (Å²) in [5, 5.41) is 6.52. The van der Waals surface area contributed by atoms with Crippen LogP contribution in [-0.4, -0.2) is 10.1 Å². The molecule has 244 valence electrons. The van der Waals surface area contributed by atoms with E-state index in [9.17, 15) is 0 Å². The molecule has 0 radical (unpaired) electrons. The Morgan fingerprint density at radius 2 is 1.41 bits per heavy atom. The van der Waals surface area contributed by atoms with Crippen molar-refractivity contribution in [2.75, 3.05) is 4.90 Å². The number of nitrogens with zero attached hydrogens (tertiary/aromatic N) is 2. The fourth-order valence-electron chi connectivity index (χ4n) is 9.57. The van der Waals surface area contributed by atoms with E-state index in [-0.39, 0.29) is 11.5 Å². The van der Waals surface area contributed by atoms with Crippen molar-refractivity contribution in [1.82, 2.24) is 4.57 Å². The fourth-order valence-corrected chi connectivity index (χ4v) is 11.0. The molecule has 3 aliphatic rings. The molecule has 0 N–H and O–H groups in total. The van der Waals surface area contributed by atoms with Gasteiger partial charge in [-0.3, -0.25) is 0 Å². The van der Waals surface area contributed by atoms with Crippen molar-refractivity contribution in [3.63, 3.8) is 0 Å². The number of rotatable bonds is 3. The molecule has 1 aliphatic heterocycles. The highest BCUT2D eigenvalue weighted by Gasteiger charge is 2.51. The van der Waals surface area contributed by atoms with Crippen LogP contribution in [-0.2, 0) is 0 Å². The number of fused-ring (bicyclic) bond motifs is 12. The standard InChI is InChI=1S/C48H36N2S/c1-30-12-3-5-15-34(30)32-22-24-33(25-23-32)49-40-19-9-7-17-36(40)37-26-27-43-44(46(37)49)39-28-29-48(2)45(47(39)51-43)38-18-8-10-20-42(38)50(48)41-21-11-14-31-13-4-6-16-35(31)41/h3-30,34,45H,1-2H3. The summed E-state index contributed by atoms with van der Waals surface area (Å²) in [6.07, 6.45) is 14.0. The first kappa shape index (κ1) is 29.1. The number of hydrogen-bond acceptors (Lipinski definition) is 2. The summed E-state index contributed by atoms with van der Waals surface area (Å²) in [4.78, 5) is 4.07. The van der Waals surface area contributed by atoms with Gasteiger partial charge in [0, 0.05) is 60.0 Å². The Morgan fingerprint density at radius 1 is 0.667 bits per heavy atom. The van der Waals surface area contributed by atoms with Gasteiger partial charge in [0.1, 0.15) is 0 Å². The number of thiophene rings is 1. The van der Waals surface area contributed by atoms with E-state index in [0.717, 1.165) is 0 Å². The minimum atomic E-state index is -0.261. The minimum Gasteiger partial charge on any atom is -0.330 e. The van der Waals surface area contributed by atoms with Crippen LogP contribution in [0.1, 0.15) is 47.3 Å². The van der Waals surface area contributed by atoms with Crippen molar-refractivity contribution in [3.05, 3.63) is 179 Å². The molecule has 0 fully saturated rings. The fraction of sp³-hybridized carbons (Fsp3) is 0.125. The van der Waals surface area contributed by atoms with E-state index in [4.69, 9.17) is 0 Å². The molecular formula is C48H36N2S. The van der Waals surface area contributed by atoms with Gasteiger partial charge in [-0.25, -0.2) is 0 Å². The van der Waals surface area contributed by atoms with Gasteiger partial charge in [0.15, 0.2) is 0 Å². The number of benzene rings is 6. The molecule has 0 saturated heterocycles. The predicted octanol–water partition coefficient (Wildman–Crippen LogP) is 13.1. The molecule has 4 atom stereocenters. The summed E-state index contributed by atoms with van der Waals surface area (Å²) >= 11 is 1.98. The molecule has 51 heavy (non-hydrogen) atoms. The Balaban J connectivity index is 1.14. The zero-order chi connectivity index (χ0) is 33.8. The van der Waals surface area contributed by atoms with Gasteiger partial charge in [-0.1, -0.05) is 134 Å². The van der Waals surface area contributed by atoms with Gasteiger partial charge in [-0.15, -0.1) is 11.3 Å². The third-order valence-corrected chi connectivity index (χ3v) is 13.1. The highest BCUT2D eigenvalue weighted by Crippen LogP contribution is 2.60. The molecule has 6 aromatic carbocycles. The lowest BCUT2D eigenvalue weighted by Crippen LogP contribution is -2.43. The molecular weight excluding hydrogens is 637 g/mol. The molecule has 0 amide bonds. The van der Waals surface area contributed by atoms with Gasteiger partial charge >= 0.3 is 0 Å². The van der Waals surface area contributed by atoms with Crippen molar-refractivity contribution in [2.24, 2.45) is 5.92 Å². The Kier molecular flexibility index (Phi) is 6.10. The van der Waals surface area contributed by atoms with Crippen LogP contribution in [0.15, 0.2) is 158 Å². The second-order valence-electron chi connectivity index (χ2n) is 14.7. The Morgan fingerprint density at radius 3 is 2.29 bits per heavy atom. The summed E-state index contributed by atoms with van der Waals surface area (Å²) in [6, 6.07) is 47.6. The number of hydrogen-bond donors (Lipinski definition) is 0. The quantitative estimate of drug-likeness (QED) is 0.181. The molecule has 3 heterocycles. The van der Waals surface area contributed by atoms with Crippen molar-refractivity contribution < 1.29 is 0 Å². The third-order valence-electron chi connectivity index (χ3n) is 11.9. The van der Waals surface area contributed by atoms with Crippen LogP contribution in [0.4, 0.5) is 11.4 Å². The van der Waals surface area contributed by atoms with Crippen LogP contribution in [0, 0.1) is 5.92 Å². The van der Waals surface area contributed by atoms with E-state index >= 15 is 0 Å². The maximum Gasteiger partial charge on any atom is 0.0726 e. The Hall–Kier alpha value is -5.64. The average Bonchev–Trinajstić information content (AvgIpc) is 3.80. The van der Waals surface area contributed by atoms with Crippen molar-refractivity contribution >= 4 is 71.5 Å². The molecule has 0 bridgehead atoms. The summed E-state index contributed by atoms with van der Waals surface area (Å²) in [7, 11) is 0. The van der Waals surface area contributed by atoms with Gasteiger partial charge in [-0.2, -0.15) is 0 Å². The molecule has 8 aromatic rings. The topological polar surface area (TPSA) is 8.17 Å². The van der Waals surface area contributed by atoms with E-state index < -0.39 is 0 Å². The molecule has 0 saturated carbocycles. The monoisotopic (exact) mass is 672 g/mol. The average molecular weight is 673 g/mol. The first-order chi connectivity index (χ1) is 25.1. The molecule has 2 aliphatic carbocycles. The van der Waals surface area contributed by atoms with E-state index in [0.29, 0.717) is 11.8 Å². The highest BCUT2D eigenvalue weighted by atomic mass is 32.1. The second-order valence-corrected chi connectivity index (χ2v) is 15.8. The summed E-state index contributed by atoms with van der Waals surface area (Å²) in [5.41, 5.74) is 10.2. The van der Waals surface area contributed by atoms with E-state index in [1.165, 1.54) is 81.3 Å². The third kappa shape index (κ3) is 3.98. The van der Waals surface area contributed by atoms with Crippen LogP contribution in [0.2, 0.25) is 0 Å². The van der Waals surface area contributed by atoms with Crippen LogP contribution < -0.4 is 4.90 Å². The molecule has 4 unspecified atom stereocenters. The van der Waals surface area contributed by atoms with Crippen molar-refractivity contribution in [3.8, 4) is 5.69 Å². The molecule has 2 aromatic heterocycles. The van der Waals surface area contributed by atoms with Gasteiger partial charge in [0.05, 0.1) is 16.6 Å². The maximum atomic E-state index is 2.62. The van der Waals surface area contributed by atoms with Gasteiger partial charge < -0.3 is 9.47 Å². The maximum absolute atomic E-state index is 2.62. The predicted molar refractivity (Wildman–Crippen MR) is 218 cm³/mol. The molecule has 11 rings (SSSR count).